The molecule has 0 amide bonds. The van der Waals surface area contributed by atoms with Gasteiger partial charge in [0.1, 0.15) is 12.2 Å². The Morgan fingerprint density at radius 2 is 2.00 bits per heavy atom. The molecule has 114 valence electrons. The van der Waals surface area contributed by atoms with Crippen LogP contribution < -0.4 is 5.73 Å². The summed E-state index contributed by atoms with van der Waals surface area (Å²) in [7, 11) is 1.24. The van der Waals surface area contributed by atoms with E-state index in [1.54, 1.807) is 0 Å². The van der Waals surface area contributed by atoms with Gasteiger partial charge in [0.25, 0.3) is 0 Å². The lowest BCUT2D eigenvalue weighted by molar-refractivity contribution is -0.144. The lowest BCUT2D eigenvalue weighted by Crippen LogP contribution is -2.37. The molecule has 1 rings (SSSR count). The van der Waals surface area contributed by atoms with Crippen LogP contribution >= 0.6 is 0 Å². The molecule has 0 aliphatic rings. The molecule has 2 N–H and O–H groups in total. The van der Waals surface area contributed by atoms with Gasteiger partial charge in [-0.2, -0.15) is 0 Å². The quantitative estimate of drug-likeness (QED) is 0.425. The van der Waals surface area contributed by atoms with Crippen LogP contribution in [-0.2, 0) is 25.7 Å². The number of rotatable bonds is 9. The van der Waals surface area contributed by atoms with Crippen molar-refractivity contribution in [2.75, 3.05) is 7.11 Å². The second-order valence-electron chi connectivity index (χ2n) is 4.64. The first-order chi connectivity index (χ1) is 10.1. The highest BCUT2D eigenvalue weighted by atomic mass is 16.5. The Morgan fingerprint density at radius 1 is 1.33 bits per heavy atom. The molecule has 21 heavy (non-hydrogen) atoms. The lowest BCUT2D eigenvalue weighted by Gasteiger charge is -2.21. The molecule has 2 atom stereocenters. The van der Waals surface area contributed by atoms with Crippen molar-refractivity contribution >= 4 is 11.8 Å². The number of ether oxygens (including phenoxy) is 2. The average molecular weight is 291 g/mol. The zero-order valence-electron chi connectivity index (χ0n) is 12.2. The van der Waals surface area contributed by atoms with Crippen LogP contribution in [0.5, 0.6) is 0 Å². The van der Waals surface area contributed by atoms with Gasteiger partial charge in [0.15, 0.2) is 0 Å². The molecule has 0 aliphatic heterocycles. The Balaban J connectivity index is 2.57. The molecule has 0 spiro atoms. The number of hydrogen-bond acceptors (Lipinski definition) is 5. The normalized spacial score (nSPS) is 13.2. The van der Waals surface area contributed by atoms with Crippen molar-refractivity contribution in [1.82, 2.24) is 0 Å². The Hall–Kier alpha value is -1.98. The Morgan fingerprint density at radius 3 is 2.57 bits per heavy atom. The van der Waals surface area contributed by atoms with Crippen LogP contribution in [0, 0.1) is 0 Å². The molecule has 0 heterocycles. The second-order valence-corrected chi connectivity index (χ2v) is 4.64. The zero-order valence-corrected chi connectivity index (χ0v) is 12.2. The van der Waals surface area contributed by atoms with Gasteiger partial charge in [-0.15, -0.1) is 6.58 Å². The van der Waals surface area contributed by atoms with Crippen molar-refractivity contribution in [1.29, 1.82) is 0 Å². The third kappa shape index (κ3) is 6.33. The number of methoxy groups -OCH3 is 1. The minimum absolute atomic E-state index is 0.0507. The third-order valence-electron chi connectivity index (χ3n) is 3.01. The molecule has 0 unspecified atom stereocenters. The SMILES string of the molecule is C=C[C@H](N)[C@H](CC(=O)CC(=O)OC)OCc1ccccc1. The minimum Gasteiger partial charge on any atom is -0.469 e. The fourth-order valence-electron chi connectivity index (χ4n) is 1.77. The molecule has 0 aliphatic carbocycles. The van der Waals surface area contributed by atoms with Crippen LogP contribution in [0.3, 0.4) is 0 Å². The number of benzene rings is 1. The van der Waals surface area contributed by atoms with E-state index >= 15 is 0 Å². The van der Waals surface area contributed by atoms with Crippen molar-refractivity contribution in [3.05, 3.63) is 48.6 Å². The highest BCUT2D eigenvalue weighted by Crippen LogP contribution is 2.11. The van der Waals surface area contributed by atoms with Gasteiger partial charge in [-0.05, 0) is 5.56 Å². The lowest BCUT2D eigenvalue weighted by atomic mass is 10.0. The summed E-state index contributed by atoms with van der Waals surface area (Å²) in [4.78, 5) is 22.9. The van der Waals surface area contributed by atoms with Gasteiger partial charge in [-0.3, -0.25) is 9.59 Å². The summed E-state index contributed by atoms with van der Waals surface area (Å²) in [6.07, 6.45) is 0.793. The van der Waals surface area contributed by atoms with E-state index in [1.807, 2.05) is 30.3 Å². The van der Waals surface area contributed by atoms with E-state index in [-0.39, 0.29) is 18.6 Å². The molecule has 0 radical (unpaired) electrons. The number of carbonyl (C=O) groups is 2. The van der Waals surface area contributed by atoms with Crippen LogP contribution in [0.4, 0.5) is 0 Å². The molecule has 1 aromatic carbocycles. The molecular formula is C16H21NO4. The first-order valence-electron chi connectivity index (χ1n) is 6.69. The summed E-state index contributed by atoms with van der Waals surface area (Å²) in [5.74, 6) is -0.828. The van der Waals surface area contributed by atoms with Gasteiger partial charge < -0.3 is 15.2 Å². The predicted octanol–water partition coefficient (Wildman–Crippen LogP) is 1.61. The first kappa shape index (κ1) is 17.1. The summed E-state index contributed by atoms with van der Waals surface area (Å²) < 4.78 is 10.2. The Bertz CT molecular complexity index is 472. The molecule has 1 aromatic rings. The molecule has 0 saturated heterocycles. The highest BCUT2D eigenvalue weighted by molar-refractivity contribution is 5.95. The number of esters is 1. The van der Waals surface area contributed by atoms with Gasteiger partial charge in [0.05, 0.1) is 19.8 Å². The van der Waals surface area contributed by atoms with E-state index in [1.165, 1.54) is 13.2 Å². The van der Waals surface area contributed by atoms with Gasteiger partial charge in [-0.25, -0.2) is 0 Å². The molecular weight excluding hydrogens is 270 g/mol. The van der Waals surface area contributed by atoms with Gasteiger partial charge in [-0.1, -0.05) is 36.4 Å². The Kier molecular flexibility index (Phi) is 7.36. The average Bonchev–Trinajstić information content (AvgIpc) is 2.51. The smallest absolute Gasteiger partial charge is 0.313 e. The van der Waals surface area contributed by atoms with Crippen molar-refractivity contribution < 1.29 is 19.1 Å². The van der Waals surface area contributed by atoms with Gasteiger partial charge >= 0.3 is 5.97 Å². The van der Waals surface area contributed by atoms with E-state index in [9.17, 15) is 9.59 Å². The van der Waals surface area contributed by atoms with Crippen molar-refractivity contribution in [2.24, 2.45) is 5.73 Å². The van der Waals surface area contributed by atoms with Crippen LogP contribution in [-0.4, -0.2) is 31.0 Å². The second kappa shape index (κ2) is 9.05. The molecule has 0 saturated carbocycles. The summed E-state index contributed by atoms with van der Waals surface area (Å²) in [5.41, 5.74) is 6.87. The largest absolute Gasteiger partial charge is 0.469 e. The fraction of sp³-hybridized carbons (Fsp3) is 0.375. The van der Waals surface area contributed by atoms with Gasteiger partial charge in [0.2, 0.25) is 0 Å². The molecule has 0 fully saturated rings. The summed E-state index contributed by atoms with van der Waals surface area (Å²) in [5, 5.41) is 0. The van der Waals surface area contributed by atoms with E-state index in [0.29, 0.717) is 6.61 Å². The first-order valence-corrected chi connectivity index (χ1v) is 6.69. The van der Waals surface area contributed by atoms with E-state index in [4.69, 9.17) is 10.5 Å². The molecule has 5 heteroatoms. The number of nitrogens with two attached hydrogens (primary N) is 1. The summed E-state index contributed by atoms with van der Waals surface area (Å²) in [6.45, 7) is 3.96. The predicted molar refractivity (Wildman–Crippen MR) is 79.4 cm³/mol. The topological polar surface area (TPSA) is 78.6 Å². The maximum absolute atomic E-state index is 11.8. The van der Waals surface area contributed by atoms with Crippen molar-refractivity contribution in [3.8, 4) is 0 Å². The van der Waals surface area contributed by atoms with Gasteiger partial charge in [0, 0.05) is 12.5 Å². The number of Topliss-reactive ketones (excluding diaryl/α,β-unsaturated/α-hetero) is 1. The standard InChI is InChI=1S/C16H21NO4/c1-3-14(17)15(9-13(18)10-16(19)20-2)21-11-12-7-5-4-6-8-12/h3-8,14-15H,1,9-11,17H2,2H3/t14-,15-/m0/s1. The monoisotopic (exact) mass is 291 g/mol. The maximum Gasteiger partial charge on any atom is 0.313 e. The number of carbonyl (C=O) groups excluding carboxylic acids is 2. The Labute approximate surface area is 124 Å². The van der Waals surface area contributed by atoms with Crippen LogP contribution in [0.15, 0.2) is 43.0 Å². The molecule has 5 nitrogen and oxygen atoms in total. The van der Waals surface area contributed by atoms with Crippen molar-refractivity contribution in [3.63, 3.8) is 0 Å². The number of ketones is 1. The van der Waals surface area contributed by atoms with Crippen LogP contribution in [0.25, 0.3) is 0 Å². The molecule has 0 aromatic heterocycles. The van der Waals surface area contributed by atoms with E-state index < -0.39 is 18.1 Å². The third-order valence-corrected chi connectivity index (χ3v) is 3.01. The van der Waals surface area contributed by atoms with Crippen molar-refractivity contribution in [2.45, 2.75) is 31.6 Å². The molecule has 0 bridgehead atoms. The maximum atomic E-state index is 11.8. The summed E-state index contributed by atoms with van der Waals surface area (Å²) in [6, 6.07) is 9.10. The summed E-state index contributed by atoms with van der Waals surface area (Å²) >= 11 is 0. The highest BCUT2D eigenvalue weighted by Gasteiger charge is 2.21. The van der Waals surface area contributed by atoms with E-state index in [2.05, 4.69) is 11.3 Å². The number of hydrogen-bond donors (Lipinski definition) is 1. The van der Waals surface area contributed by atoms with Crippen LogP contribution in [0.2, 0.25) is 0 Å². The van der Waals surface area contributed by atoms with Crippen LogP contribution in [0.1, 0.15) is 18.4 Å². The van der Waals surface area contributed by atoms with E-state index in [0.717, 1.165) is 5.56 Å². The zero-order chi connectivity index (χ0) is 15.7. The minimum atomic E-state index is -0.561. The fourth-order valence-corrected chi connectivity index (χ4v) is 1.77.